The predicted octanol–water partition coefficient (Wildman–Crippen LogP) is 3.54. The van der Waals surface area contributed by atoms with Gasteiger partial charge >= 0.3 is 5.97 Å². The van der Waals surface area contributed by atoms with Gasteiger partial charge in [0.2, 0.25) is 0 Å². The second-order valence-corrected chi connectivity index (χ2v) is 6.40. The van der Waals surface area contributed by atoms with Crippen molar-refractivity contribution in [3.05, 3.63) is 76.7 Å². The lowest BCUT2D eigenvalue weighted by Gasteiger charge is -2.09. The summed E-state index contributed by atoms with van der Waals surface area (Å²) in [6, 6.07) is 14.9. The average molecular weight is 405 g/mol. The van der Waals surface area contributed by atoms with Crippen LogP contribution in [0.25, 0.3) is 0 Å². The summed E-state index contributed by atoms with van der Waals surface area (Å²) in [6.07, 6.45) is 0. The Labute approximate surface area is 173 Å². The number of aryl methyl sites for hydroxylation is 2. The van der Waals surface area contributed by atoms with Gasteiger partial charge in [0.1, 0.15) is 24.2 Å². The summed E-state index contributed by atoms with van der Waals surface area (Å²) in [5, 5.41) is 15.5. The SMILES string of the molecule is Cc1noc(C)c1COc1ccc(C(=O)OCC(=O)Nc2ccccc2C#N)cc1. The van der Waals surface area contributed by atoms with E-state index < -0.39 is 18.5 Å². The molecule has 0 aliphatic rings. The molecule has 1 aromatic heterocycles. The van der Waals surface area contributed by atoms with Crippen LogP contribution in [0.5, 0.6) is 5.75 Å². The van der Waals surface area contributed by atoms with Crippen LogP contribution in [0.4, 0.5) is 5.69 Å². The first-order chi connectivity index (χ1) is 14.5. The molecule has 2 aromatic carbocycles. The Morgan fingerprint density at radius 2 is 1.87 bits per heavy atom. The van der Waals surface area contributed by atoms with Crippen LogP contribution < -0.4 is 10.1 Å². The number of anilines is 1. The predicted molar refractivity (Wildman–Crippen MR) is 107 cm³/mol. The van der Waals surface area contributed by atoms with E-state index in [-0.39, 0.29) is 5.56 Å². The van der Waals surface area contributed by atoms with E-state index in [1.54, 1.807) is 48.5 Å². The summed E-state index contributed by atoms with van der Waals surface area (Å²) in [4.78, 5) is 24.1. The van der Waals surface area contributed by atoms with Gasteiger partial charge < -0.3 is 19.3 Å². The van der Waals surface area contributed by atoms with Crippen molar-refractivity contribution in [2.75, 3.05) is 11.9 Å². The topological polar surface area (TPSA) is 114 Å². The fourth-order valence-electron chi connectivity index (χ4n) is 2.64. The molecular weight excluding hydrogens is 386 g/mol. The van der Waals surface area contributed by atoms with Crippen molar-refractivity contribution >= 4 is 17.6 Å². The van der Waals surface area contributed by atoms with Crippen molar-refractivity contribution in [3.8, 4) is 11.8 Å². The molecule has 3 aromatic rings. The van der Waals surface area contributed by atoms with E-state index in [2.05, 4.69) is 10.5 Å². The molecule has 0 fully saturated rings. The van der Waals surface area contributed by atoms with Gasteiger partial charge in [-0.1, -0.05) is 17.3 Å². The lowest BCUT2D eigenvalue weighted by atomic mass is 10.2. The first-order valence-electron chi connectivity index (χ1n) is 9.08. The van der Waals surface area contributed by atoms with Gasteiger partial charge in [-0.3, -0.25) is 4.79 Å². The highest BCUT2D eigenvalue weighted by molar-refractivity contribution is 5.96. The highest BCUT2D eigenvalue weighted by Crippen LogP contribution is 2.18. The number of ether oxygens (including phenoxy) is 2. The smallest absolute Gasteiger partial charge is 0.338 e. The highest BCUT2D eigenvalue weighted by atomic mass is 16.5. The van der Waals surface area contributed by atoms with E-state index >= 15 is 0 Å². The van der Waals surface area contributed by atoms with E-state index in [9.17, 15) is 9.59 Å². The Hall–Kier alpha value is -4.12. The van der Waals surface area contributed by atoms with Crippen molar-refractivity contribution in [1.82, 2.24) is 5.16 Å². The summed E-state index contributed by atoms with van der Waals surface area (Å²) >= 11 is 0. The number of aromatic nitrogens is 1. The third kappa shape index (κ3) is 5.02. The highest BCUT2D eigenvalue weighted by Gasteiger charge is 2.13. The molecule has 0 aliphatic carbocycles. The van der Waals surface area contributed by atoms with Crippen LogP contribution in [0.15, 0.2) is 53.1 Å². The van der Waals surface area contributed by atoms with Crippen molar-refractivity contribution in [1.29, 1.82) is 5.26 Å². The summed E-state index contributed by atoms with van der Waals surface area (Å²) in [5.74, 6) is 0.0854. The number of carbonyl (C=O) groups excluding carboxylic acids is 2. The molecule has 0 saturated heterocycles. The van der Waals surface area contributed by atoms with Crippen molar-refractivity contribution in [2.24, 2.45) is 0 Å². The molecule has 1 N–H and O–H groups in total. The Balaban J connectivity index is 1.51. The molecule has 0 atom stereocenters. The largest absolute Gasteiger partial charge is 0.489 e. The minimum absolute atomic E-state index is 0.282. The van der Waals surface area contributed by atoms with Crippen molar-refractivity contribution in [2.45, 2.75) is 20.5 Å². The molecule has 1 heterocycles. The standard InChI is InChI=1S/C22H19N3O5/c1-14-19(15(2)30-25-14)12-28-18-9-7-16(8-10-18)22(27)29-13-21(26)24-20-6-4-3-5-17(20)11-23/h3-10H,12-13H2,1-2H3,(H,24,26). The van der Waals surface area contributed by atoms with Crippen LogP contribution in [0, 0.1) is 25.2 Å². The molecule has 3 rings (SSSR count). The van der Waals surface area contributed by atoms with Gasteiger partial charge in [0.25, 0.3) is 5.91 Å². The number of nitrogens with one attached hydrogen (secondary N) is 1. The maximum absolute atomic E-state index is 12.2. The maximum atomic E-state index is 12.2. The van der Waals surface area contributed by atoms with E-state index in [0.717, 1.165) is 11.3 Å². The molecule has 0 bridgehead atoms. The minimum atomic E-state index is -0.643. The van der Waals surface area contributed by atoms with Gasteiger partial charge in [-0.25, -0.2) is 4.79 Å². The number of nitriles is 1. The third-order valence-corrected chi connectivity index (χ3v) is 4.31. The molecule has 0 radical (unpaired) electrons. The van der Waals surface area contributed by atoms with E-state index in [1.165, 1.54) is 0 Å². The molecule has 1 amide bonds. The fourth-order valence-corrected chi connectivity index (χ4v) is 2.64. The van der Waals surface area contributed by atoms with E-state index in [0.29, 0.717) is 29.4 Å². The molecule has 8 nitrogen and oxygen atoms in total. The Morgan fingerprint density at radius 1 is 1.13 bits per heavy atom. The van der Waals surface area contributed by atoms with Crippen LogP contribution in [0.2, 0.25) is 0 Å². The average Bonchev–Trinajstić information content (AvgIpc) is 3.08. The molecule has 0 spiro atoms. The van der Waals surface area contributed by atoms with Crippen LogP contribution in [0.1, 0.15) is 32.9 Å². The monoisotopic (exact) mass is 405 g/mol. The molecule has 152 valence electrons. The maximum Gasteiger partial charge on any atom is 0.338 e. The summed E-state index contributed by atoms with van der Waals surface area (Å²) in [7, 11) is 0. The van der Waals surface area contributed by atoms with Gasteiger partial charge in [0, 0.05) is 0 Å². The molecule has 0 aliphatic heterocycles. The van der Waals surface area contributed by atoms with Crippen LogP contribution >= 0.6 is 0 Å². The van der Waals surface area contributed by atoms with E-state index in [4.69, 9.17) is 19.3 Å². The second kappa shape index (κ2) is 9.39. The zero-order valence-electron chi connectivity index (χ0n) is 16.5. The fraction of sp³-hybridized carbons (Fsp3) is 0.182. The first-order valence-corrected chi connectivity index (χ1v) is 9.08. The normalized spacial score (nSPS) is 10.2. The molecule has 30 heavy (non-hydrogen) atoms. The zero-order valence-corrected chi connectivity index (χ0v) is 16.5. The lowest BCUT2D eigenvalue weighted by Crippen LogP contribution is -2.21. The number of benzene rings is 2. The Morgan fingerprint density at radius 3 is 2.53 bits per heavy atom. The third-order valence-electron chi connectivity index (χ3n) is 4.31. The minimum Gasteiger partial charge on any atom is -0.489 e. The zero-order chi connectivity index (χ0) is 21.5. The summed E-state index contributed by atoms with van der Waals surface area (Å²) in [5.41, 5.74) is 2.61. The molecular formula is C22H19N3O5. The number of amides is 1. The van der Waals surface area contributed by atoms with Crippen molar-refractivity contribution in [3.63, 3.8) is 0 Å². The van der Waals surface area contributed by atoms with E-state index in [1.807, 2.05) is 19.9 Å². The molecule has 0 unspecified atom stereocenters. The summed E-state index contributed by atoms with van der Waals surface area (Å²) < 4.78 is 15.8. The number of carbonyl (C=O) groups is 2. The van der Waals surface area contributed by atoms with Gasteiger partial charge in [0.15, 0.2) is 6.61 Å². The number of nitrogens with zero attached hydrogens (tertiary/aromatic N) is 2. The van der Waals surface area contributed by atoms with Gasteiger partial charge in [-0.15, -0.1) is 0 Å². The van der Waals surface area contributed by atoms with Crippen LogP contribution in [-0.4, -0.2) is 23.6 Å². The second-order valence-electron chi connectivity index (χ2n) is 6.40. The number of esters is 1. The molecule has 8 heteroatoms. The van der Waals surface area contributed by atoms with Gasteiger partial charge in [0.05, 0.1) is 28.1 Å². The number of rotatable bonds is 7. The molecule has 0 saturated carbocycles. The Bertz CT molecular complexity index is 1080. The van der Waals surface area contributed by atoms with Gasteiger partial charge in [-0.2, -0.15) is 5.26 Å². The van der Waals surface area contributed by atoms with Crippen LogP contribution in [0.3, 0.4) is 0 Å². The number of hydrogen-bond acceptors (Lipinski definition) is 7. The quantitative estimate of drug-likeness (QED) is 0.598. The Kier molecular flexibility index (Phi) is 6.45. The lowest BCUT2D eigenvalue weighted by molar-refractivity contribution is -0.119. The summed E-state index contributed by atoms with van der Waals surface area (Å²) in [6.45, 7) is 3.48. The number of hydrogen-bond donors (Lipinski definition) is 1. The van der Waals surface area contributed by atoms with Gasteiger partial charge in [-0.05, 0) is 50.2 Å². The first kappa shape index (κ1) is 20.6. The van der Waals surface area contributed by atoms with Crippen LogP contribution in [-0.2, 0) is 16.1 Å². The van der Waals surface area contributed by atoms with Crippen molar-refractivity contribution < 1.29 is 23.6 Å². The number of para-hydroxylation sites is 1.